The van der Waals surface area contributed by atoms with Crippen molar-refractivity contribution in [1.29, 1.82) is 0 Å². The number of rotatable bonds is 4. The third-order valence-corrected chi connectivity index (χ3v) is 5.56. The number of amides is 1. The Balaban J connectivity index is 0.000000333. The molecule has 0 bridgehead atoms. The van der Waals surface area contributed by atoms with Gasteiger partial charge in [-0.2, -0.15) is 26.3 Å². The van der Waals surface area contributed by atoms with Gasteiger partial charge in [-0.25, -0.2) is 14.6 Å². The highest BCUT2D eigenvalue weighted by atomic mass is 19.4. The zero-order valence-electron chi connectivity index (χ0n) is 20.9. The highest BCUT2D eigenvalue weighted by Gasteiger charge is 2.45. The first-order chi connectivity index (χ1) is 18.6. The quantitative estimate of drug-likeness (QED) is 0.518. The SMILES string of the molecule is Cc1cccc(C(=O)N2CCO[C@H]3[C@H](OCc4ccccn4)CC[C@@H]32)n1.O=C(O)C(F)(F)F.O=C(O)C(F)(F)F. The Morgan fingerprint density at radius 3 is 2.15 bits per heavy atom. The lowest BCUT2D eigenvalue weighted by Gasteiger charge is -2.38. The van der Waals surface area contributed by atoms with Crippen molar-refractivity contribution in [2.45, 2.75) is 57.0 Å². The van der Waals surface area contributed by atoms with Crippen LogP contribution in [0.4, 0.5) is 26.3 Å². The molecule has 10 nitrogen and oxygen atoms in total. The second kappa shape index (κ2) is 14.0. The van der Waals surface area contributed by atoms with Gasteiger partial charge >= 0.3 is 24.3 Å². The smallest absolute Gasteiger partial charge is 0.475 e. The molecule has 1 saturated carbocycles. The molecule has 40 heavy (non-hydrogen) atoms. The van der Waals surface area contributed by atoms with E-state index in [0.717, 1.165) is 24.2 Å². The molecule has 3 heterocycles. The van der Waals surface area contributed by atoms with E-state index in [9.17, 15) is 31.1 Å². The van der Waals surface area contributed by atoms with Gasteiger partial charge in [-0.3, -0.25) is 9.78 Å². The molecule has 0 spiro atoms. The van der Waals surface area contributed by atoms with Crippen LogP contribution in [0.2, 0.25) is 0 Å². The van der Waals surface area contributed by atoms with Gasteiger partial charge in [0.1, 0.15) is 11.8 Å². The minimum atomic E-state index is -5.08. The van der Waals surface area contributed by atoms with Gasteiger partial charge in [0.25, 0.3) is 5.91 Å². The highest BCUT2D eigenvalue weighted by Crippen LogP contribution is 2.33. The zero-order chi connectivity index (χ0) is 30.1. The van der Waals surface area contributed by atoms with Crippen LogP contribution in [-0.2, 0) is 25.7 Å². The summed E-state index contributed by atoms with van der Waals surface area (Å²) in [5, 5.41) is 14.2. The number of aromatic nitrogens is 2. The van der Waals surface area contributed by atoms with E-state index >= 15 is 0 Å². The Bertz CT molecular complexity index is 1120. The first-order valence-electron chi connectivity index (χ1n) is 11.6. The molecule has 1 aliphatic heterocycles. The predicted molar refractivity (Wildman–Crippen MR) is 123 cm³/mol. The van der Waals surface area contributed by atoms with Crippen molar-refractivity contribution in [3.63, 3.8) is 0 Å². The number of carboxylic acid groups (broad SMARTS) is 2. The van der Waals surface area contributed by atoms with E-state index in [0.29, 0.717) is 25.5 Å². The Labute approximate surface area is 223 Å². The molecular formula is C24H25F6N3O7. The summed E-state index contributed by atoms with van der Waals surface area (Å²) in [4.78, 5) is 41.3. The normalized spacial score (nSPS) is 20.3. The van der Waals surface area contributed by atoms with Gasteiger partial charge in [0, 0.05) is 18.4 Å². The number of alkyl halides is 6. The number of pyridine rings is 2. The number of hydrogen-bond acceptors (Lipinski definition) is 7. The number of aryl methyl sites for hydroxylation is 1. The first kappa shape index (κ1) is 32.4. The third-order valence-electron chi connectivity index (χ3n) is 5.56. The summed E-state index contributed by atoms with van der Waals surface area (Å²) in [5.74, 6) is -5.53. The van der Waals surface area contributed by atoms with Crippen LogP contribution in [0.3, 0.4) is 0 Å². The highest BCUT2D eigenvalue weighted by molar-refractivity contribution is 5.92. The largest absolute Gasteiger partial charge is 0.490 e. The summed E-state index contributed by atoms with van der Waals surface area (Å²) in [6.45, 7) is 3.49. The molecule has 0 radical (unpaired) electrons. The molecule has 2 aromatic heterocycles. The van der Waals surface area contributed by atoms with E-state index in [4.69, 9.17) is 29.3 Å². The molecule has 2 aliphatic rings. The summed E-state index contributed by atoms with van der Waals surface area (Å²) in [6, 6.07) is 11.4. The number of fused-ring (bicyclic) bond motifs is 1. The maximum Gasteiger partial charge on any atom is 0.490 e. The lowest BCUT2D eigenvalue weighted by molar-refractivity contribution is -0.193. The molecule has 16 heteroatoms. The van der Waals surface area contributed by atoms with Crippen LogP contribution in [0.1, 0.15) is 34.7 Å². The lowest BCUT2D eigenvalue weighted by Crippen LogP contribution is -2.54. The number of carbonyl (C=O) groups excluding carboxylic acids is 1. The van der Waals surface area contributed by atoms with E-state index in [1.165, 1.54) is 0 Å². The number of halogens is 6. The van der Waals surface area contributed by atoms with Crippen molar-refractivity contribution in [3.05, 3.63) is 59.7 Å². The Morgan fingerprint density at radius 2 is 1.62 bits per heavy atom. The van der Waals surface area contributed by atoms with Crippen LogP contribution in [0.5, 0.6) is 0 Å². The van der Waals surface area contributed by atoms with Gasteiger partial charge < -0.3 is 24.6 Å². The van der Waals surface area contributed by atoms with Gasteiger partial charge in [-0.1, -0.05) is 12.1 Å². The van der Waals surface area contributed by atoms with E-state index in [1.54, 1.807) is 12.3 Å². The molecule has 1 saturated heterocycles. The fraction of sp³-hybridized carbons (Fsp3) is 0.458. The molecule has 220 valence electrons. The maximum absolute atomic E-state index is 12.9. The number of morpholine rings is 1. The van der Waals surface area contributed by atoms with Gasteiger partial charge in [-0.15, -0.1) is 0 Å². The monoisotopic (exact) mass is 581 g/mol. The molecule has 2 N–H and O–H groups in total. The second-order valence-corrected chi connectivity index (χ2v) is 8.42. The lowest BCUT2D eigenvalue weighted by atomic mass is 10.1. The van der Waals surface area contributed by atoms with Crippen molar-refractivity contribution in [2.24, 2.45) is 0 Å². The van der Waals surface area contributed by atoms with Crippen LogP contribution in [0, 0.1) is 6.92 Å². The van der Waals surface area contributed by atoms with E-state index < -0.39 is 24.3 Å². The fourth-order valence-corrected chi connectivity index (χ4v) is 3.83. The minimum absolute atomic E-state index is 0.0110. The number of nitrogens with zero attached hydrogens (tertiary/aromatic N) is 3. The summed E-state index contributed by atoms with van der Waals surface area (Å²) in [7, 11) is 0. The van der Waals surface area contributed by atoms with Crippen molar-refractivity contribution in [3.8, 4) is 0 Å². The van der Waals surface area contributed by atoms with Crippen molar-refractivity contribution < 1.29 is 60.4 Å². The van der Waals surface area contributed by atoms with E-state index in [2.05, 4.69) is 9.97 Å². The summed E-state index contributed by atoms with van der Waals surface area (Å²) < 4.78 is 75.5. The molecular weight excluding hydrogens is 556 g/mol. The fourth-order valence-electron chi connectivity index (χ4n) is 3.83. The van der Waals surface area contributed by atoms with Gasteiger partial charge in [0.05, 0.1) is 31.1 Å². The van der Waals surface area contributed by atoms with Gasteiger partial charge in [0.2, 0.25) is 0 Å². The van der Waals surface area contributed by atoms with E-state index in [-0.39, 0.29) is 24.2 Å². The average molecular weight is 581 g/mol. The standard InChI is InChI=1S/C20H23N3O3.2C2HF3O2/c1-14-5-4-7-16(22-14)20(24)23-11-12-25-19-17(23)8-9-18(19)26-13-15-6-2-3-10-21-15;2*3-2(4,5)1(6)7/h2-7,10,17-19H,8-9,11-13H2,1H3;2*(H,6,7)/t17-,18+,19+;;/m0../s1. The van der Waals surface area contributed by atoms with Crippen molar-refractivity contribution >= 4 is 17.8 Å². The topological polar surface area (TPSA) is 139 Å². The Morgan fingerprint density at radius 1 is 1.00 bits per heavy atom. The molecule has 0 unspecified atom stereocenters. The van der Waals surface area contributed by atoms with Crippen LogP contribution in [0.25, 0.3) is 0 Å². The van der Waals surface area contributed by atoms with E-state index in [1.807, 2.05) is 42.2 Å². The summed E-state index contributed by atoms with van der Waals surface area (Å²) in [5.41, 5.74) is 2.26. The van der Waals surface area contributed by atoms with Crippen LogP contribution >= 0.6 is 0 Å². The van der Waals surface area contributed by atoms with Crippen LogP contribution in [-0.4, -0.2) is 86.7 Å². The number of carbonyl (C=O) groups is 3. The second-order valence-electron chi connectivity index (χ2n) is 8.42. The number of aliphatic carboxylic acids is 2. The third kappa shape index (κ3) is 9.75. The van der Waals surface area contributed by atoms with Crippen molar-refractivity contribution in [1.82, 2.24) is 14.9 Å². The van der Waals surface area contributed by atoms with Gasteiger partial charge in [-0.05, 0) is 44.0 Å². The van der Waals surface area contributed by atoms with Gasteiger partial charge in [0.15, 0.2) is 0 Å². The van der Waals surface area contributed by atoms with Crippen molar-refractivity contribution in [2.75, 3.05) is 13.2 Å². The number of ether oxygens (including phenoxy) is 2. The molecule has 2 fully saturated rings. The molecule has 1 aliphatic carbocycles. The number of hydrogen-bond donors (Lipinski definition) is 2. The average Bonchev–Trinajstić information content (AvgIpc) is 3.30. The first-order valence-corrected chi connectivity index (χ1v) is 11.6. The summed E-state index contributed by atoms with van der Waals surface area (Å²) in [6.07, 6.45) is -6.73. The molecule has 2 aromatic rings. The molecule has 1 amide bonds. The van der Waals surface area contributed by atoms with Crippen LogP contribution < -0.4 is 0 Å². The Hall–Kier alpha value is -3.79. The maximum atomic E-state index is 12.9. The minimum Gasteiger partial charge on any atom is -0.475 e. The summed E-state index contributed by atoms with van der Waals surface area (Å²) >= 11 is 0. The predicted octanol–water partition coefficient (Wildman–Crippen LogP) is 3.64. The Kier molecular flexibility index (Phi) is 11.4. The molecule has 0 aromatic carbocycles. The molecule has 3 atom stereocenters. The molecule has 4 rings (SSSR count). The van der Waals surface area contributed by atoms with Crippen LogP contribution in [0.15, 0.2) is 42.6 Å². The zero-order valence-corrected chi connectivity index (χ0v) is 20.9. The number of carboxylic acids is 2.